The first kappa shape index (κ1) is 20.9. The van der Waals surface area contributed by atoms with Crippen LogP contribution in [-0.2, 0) is 15.7 Å². The van der Waals surface area contributed by atoms with E-state index >= 15 is 0 Å². The summed E-state index contributed by atoms with van der Waals surface area (Å²) < 4.78 is 43.3. The molecular formula is C16H21F3N4O4. The highest BCUT2D eigenvalue weighted by Gasteiger charge is 2.38. The van der Waals surface area contributed by atoms with Crippen molar-refractivity contribution in [3.63, 3.8) is 0 Å². The number of amides is 1. The number of halogens is 3. The van der Waals surface area contributed by atoms with Crippen molar-refractivity contribution in [1.29, 1.82) is 0 Å². The maximum atomic E-state index is 12.7. The topological polar surface area (TPSA) is 120 Å². The van der Waals surface area contributed by atoms with Gasteiger partial charge in [-0.3, -0.25) is 14.9 Å². The minimum Gasteiger partial charge on any atom is -0.381 e. The van der Waals surface area contributed by atoms with Crippen LogP contribution in [-0.4, -0.2) is 43.7 Å². The number of nitrogens with zero attached hydrogens (tertiary/aromatic N) is 1. The first-order valence-corrected chi connectivity index (χ1v) is 8.35. The van der Waals surface area contributed by atoms with E-state index in [0.29, 0.717) is 32.1 Å². The highest BCUT2D eigenvalue weighted by atomic mass is 19.4. The number of nitro groups is 1. The quantitative estimate of drug-likeness (QED) is 0.372. The Morgan fingerprint density at radius 1 is 1.30 bits per heavy atom. The van der Waals surface area contributed by atoms with Crippen LogP contribution in [0.15, 0.2) is 18.2 Å². The van der Waals surface area contributed by atoms with Crippen LogP contribution in [0.25, 0.3) is 0 Å². The van der Waals surface area contributed by atoms with Crippen molar-refractivity contribution in [1.82, 2.24) is 5.32 Å². The molecule has 0 aliphatic carbocycles. The van der Waals surface area contributed by atoms with Gasteiger partial charge >= 0.3 is 6.18 Å². The van der Waals surface area contributed by atoms with Gasteiger partial charge in [-0.05, 0) is 25.0 Å². The van der Waals surface area contributed by atoms with Gasteiger partial charge in [-0.15, -0.1) is 0 Å². The Hall–Kier alpha value is -2.40. The molecule has 1 aromatic carbocycles. The molecule has 1 heterocycles. The fourth-order valence-corrected chi connectivity index (χ4v) is 2.86. The van der Waals surface area contributed by atoms with Crippen LogP contribution in [0.5, 0.6) is 0 Å². The molecule has 1 aliphatic rings. The average Bonchev–Trinajstić information content (AvgIpc) is 2.64. The van der Waals surface area contributed by atoms with Crippen LogP contribution < -0.4 is 16.4 Å². The van der Waals surface area contributed by atoms with Crippen LogP contribution in [0.2, 0.25) is 0 Å². The Balaban J connectivity index is 1.95. The van der Waals surface area contributed by atoms with Crippen LogP contribution >= 0.6 is 0 Å². The maximum Gasteiger partial charge on any atom is 0.416 e. The average molecular weight is 390 g/mol. The van der Waals surface area contributed by atoms with Gasteiger partial charge in [-0.25, -0.2) is 0 Å². The normalized spacial score (nSPS) is 16.6. The van der Waals surface area contributed by atoms with Gasteiger partial charge < -0.3 is 21.1 Å². The number of carbonyl (C=O) groups excluding carboxylic acids is 1. The highest BCUT2D eigenvalue weighted by molar-refractivity contribution is 5.83. The zero-order valence-corrected chi connectivity index (χ0v) is 14.5. The van der Waals surface area contributed by atoms with Gasteiger partial charge in [0, 0.05) is 38.9 Å². The Kier molecular flexibility index (Phi) is 6.60. The lowest BCUT2D eigenvalue weighted by Crippen LogP contribution is -2.50. The molecule has 150 valence electrons. The Morgan fingerprint density at radius 3 is 2.52 bits per heavy atom. The second-order valence-electron chi connectivity index (χ2n) is 6.27. The fraction of sp³-hybridized carbons (Fsp3) is 0.562. The molecule has 0 radical (unpaired) electrons. The van der Waals surface area contributed by atoms with Crippen molar-refractivity contribution in [2.45, 2.75) is 19.0 Å². The first-order valence-electron chi connectivity index (χ1n) is 8.35. The highest BCUT2D eigenvalue weighted by Crippen LogP contribution is 2.35. The molecule has 1 fully saturated rings. The molecule has 2 rings (SSSR count). The van der Waals surface area contributed by atoms with Gasteiger partial charge in [0.25, 0.3) is 5.69 Å². The van der Waals surface area contributed by atoms with E-state index in [4.69, 9.17) is 10.5 Å². The van der Waals surface area contributed by atoms with Gasteiger partial charge in [-0.1, -0.05) is 0 Å². The smallest absolute Gasteiger partial charge is 0.381 e. The summed E-state index contributed by atoms with van der Waals surface area (Å²) in [4.78, 5) is 22.5. The van der Waals surface area contributed by atoms with E-state index in [1.165, 1.54) is 0 Å². The third-order valence-electron chi connectivity index (χ3n) is 4.57. The molecule has 0 bridgehead atoms. The van der Waals surface area contributed by atoms with Gasteiger partial charge in [-0.2, -0.15) is 13.2 Å². The molecule has 0 aromatic heterocycles. The third kappa shape index (κ3) is 5.07. The minimum atomic E-state index is -4.67. The summed E-state index contributed by atoms with van der Waals surface area (Å²) in [6.45, 7) is 1.32. The number of carbonyl (C=O) groups is 1. The number of ether oxygens (including phenoxy) is 1. The molecule has 27 heavy (non-hydrogen) atoms. The molecule has 1 aliphatic heterocycles. The summed E-state index contributed by atoms with van der Waals surface area (Å²) in [5.41, 5.74) is 3.21. The molecule has 8 nitrogen and oxygen atoms in total. The Labute approximate surface area is 153 Å². The zero-order chi connectivity index (χ0) is 20.1. The third-order valence-corrected chi connectivity index (χ3v) is 4.57. The number of alkyl halides is 3. The van der Waals surface area contributed by atoms with E-state index in [9.17, 15) is 28.1 Å². The SMILES string of the molecule is NCC1(C(=O)NCCNc2ccc(C(F)(F)F)cc2[N+](=O)[O-])CCOCC1. The van der Waals surface area contributed by atoms with Crippen LogP contribution in [0.3, 0.4) is 0 Å². The minimum absolute atomic E-state index is 0.0538. The van der Waals surface area contributed by atoms with Gasteiger partial charge in [0.15, 0.2) is 0 Å². The number of rotatable bonds is 7. The van der Waals surface area contributed by atoms with E-state index in [1.54, 1.807) is 0 Å². The van der Waals surface area contributed by atoms with E-state index < -0.39 is 27.8 Å². The fourth-order valence-electron chi connectivity index (χ4n) is 2.86. The van der Waals surface area contributed by atoms with Crippen LogP contribution in [0.1, 0.15) is 18.4 Å². The number of nitrogens with two attached hydrogens (primary N) is 1. The molecule has 0 atom stereocenters. The largest absolute Gasteiger partial charge is 0.416 e. The molecule has 1 saturated heterocycles. The number of hydrogen-bond acceptors (Lipinski definition) is 6. The Morgan fingerprint density at radius 2 is 1.96 bits per heavy atom. The molecule has 1 amide bonds. The monoisotopic (exact) mass is 390 g/mol. The van der Waals surface area contributed by atoms with Crippen molar-refractivity contribution >= 4 is 17.3 Å². The van der Waals surface area contributed by atoms with E-state index in [0.717, 1.165) is 12.1 Å². The van der Waals surface area contributed by atoms with Gasteiger partial charge in [0.1, 0.15) is 5.69 Å². The van der Waals surface area contributed by atoms with E-state index in [-0.39, 0.29) is 31.2 Å². The zero-order valence-electron chi connectivity index (χ0n) is 14.5. The number of nitrogens with one attached hydrogen (secondary N) is 2. The summed E-state index contributed by atoms with van der Waals surface area (Å²) >= 11 is 0. The molecule has 0 saturated carbocycles. The van der Waals surface area contributed by atoms with Gasteiger partial charge in [0.05, 0.1) is 15.9 Å². The molecular weight excluding hydrogens is 369 g/mol. The molecule has 4 N–H and O–H groups in total. The van der Waals surface area contributed by atoms with Crippen molar-refractivity contribution < 1.29 is 27.6 Å². The van der Waals surface area contributed by atoms with Crippen molar-refractivity contribution in [2.24, 2.45) is 11.1 Å². The maximum absolute atomic E-state index is 12.7. The van der Waals surface area contributed by atoms with E-state index in [2.05, 4.69) is 10.6 Å². The Bertz CT molecular complexity index is 691. The summed E-state index contributed by atoms with van der Waals surface area (Å²) in [5.74, 6) is -0.225. The second-order valence-corrected chi connectivity index (χ2v) is 6.27. The van der Waals surface area contributed by atoms with E-state index in [1.807, 2.05) is 0 Å². The number of anilines is 1. The van der Waals surface area contributed by atoms with Crippen molar-refractivity contribution in [2.75, 3.05) is 38.2 Å². The number of hydrogen-bond donors (Lipinski definition) is 3. The summed E-state index contributed by atoms with van der Waals surface area (Å²) in [7, 11) is 0. The van der Waals surface area contributed by atoms with Crippen LogP contribution in [0, 0.1) is 15.5 Å². The van der Waals surface area contributed by atoms with Crippen LogP contribution in [0.4, 0.5) is 24.5 Å². The predicted octanol–water partition coefficient (Wildman–Crippen LogP) is 1.90. The molecule has 0 unspecified atom stereocenters. The first-order chi connectivity index (χ1) is 12.7. The predicted molar refractivity (Wildman–Crippen MR) is 91.1 cm³/mol. The summed E-state index contributed by atoms with van der Waals surface area (Å²) in [5, 5.41) is 16.4. The van der Waals surface area contributed by atoms with Gasteiger partial charge in [0.2, 0.25) is 5.91 Å². The molecule has 1 aromatic rings. The second kappa shape index (κ2) is 8.53. The molecule has 11 heteroatoms. The summed E-state index contributed by atoms with van der Waals surface area (Å²) in [6, 6.07) is 2.24. The number of nitro benzene ring substituents is 1. The summed E-state index contributed by atoms with van der Waals surface area (Å²) in [6.07, 6.45) is -3.65. The van der Waals surface area contributed by atoms with Crippen molar-refractivity contribution in [3.05, 3.63) is 33.9 Å². The lowest BCUT2D eigenvalue weighted by Gasteiger charge is -2.34. The lowest BCUT2D eigenvalue weighted by atomic mass is 9.79. The van der Waals surface area contributed by atoms with Crippen molar-refractivity contribution in [3.8, 4) is 0 Å². The standard InChI is InChI=1S/C16H21F3N4O4/c17-16(18,19)11-1-2-12(13(9-11)23(25)26)21-5-6-22-14(24)15(10-20)3-7-27-8-4-15/h1-2,9,21H,3-8,10,20H2,(H,22,24). The molecule has 0 spiro atoms. The lowest BCUT2D eigenvalue weighted by molar-refractivity contribution is -0.384. The number of benzene rings is 1.